The average molecular weight is 241 g/mol. The van der Waals surface area contributed by atoms with Gasteiger partial charge in [0.25, 0.3) is 0 Å². The zero-order valence-corrected chi connectivity index (χ0v) is 9.16. The third-order valence-electron chi connectivity index (χ3n) is 2.11. The molecule has 0 bridgehead atoms. The summed E-state index contributed by atoms with van der Waals surface area (Å²) >= 11 is 0. The van der Waals surface area contributed by atoms with Gasteiger partial charge in [-0.15, -0.1) is 0 Å². The van der Waals surface area contributed by atoms with Crippen molar-refractivity contribution in [3.63, 3.8) is 0 Å². The van der Waals surface area contributed by atoms with Gasteiger partial charge in [-0.05, 0) is 19.1 Å². The topological polar surface area (TPSA) is 59.3 Å². The number of nitriles is 1. The lowest BCUT2D eigenvalue weighted by Gasteiger charge is -2.11. The van der Waals surface area contributed by atoms with Crippen LogP contribution in [0.15, 0.2) is 12.1 Å². The molecule has 90 valence electrons. The van der Waals surface area contributed by atoms with Crippen molar-refractivity contribution in [1.29, 1.82) is 5.26 Å². The van der Waals surface area contributed by atoms with Crippen LogP contribution < -0.4 is 4.74 Å². The highest BCUT2D eigenvalue weighted by molar-refractivity contribution is 5.92. The Morgan fingerprint density at radius 3 is 2.59 bits per heavy atom. The SMILES string of the molecule is COC(=O)c1cc(C#N)cc(OC(F)F)c1C. The van der Waals surface area contributed by atoms with Crippen molar-refractivity contribution < 1.29 is 23.0 Å². The van der Waals surface area contributed by atoms with E-state index in [1.54, 1.807) is 6.07 Å². The molecule has 0 aliphatic rings. The minimum atomic E-state index is -3.02. The highest BCUT2D eigenvalue weighted by atomic mass is 19.3. The Balaban J connectivity index is 3.31. The van der Waals surface area contributed by atoms with E-state index in [0.29, 0.717) is 0 Å². The maximum absolute atomic E-state index is 12.1. The Hall–Kier alpha value is -2.16. The van der Waals surface area contributed by atoms with Crippen LogP contribution in [0.3, 0.4) is 0 Å². The number of ether oxygens (including phenoxy) is 2. The van der Waals surface area contributed by atoms with Crippen LogP contribution in [-0.2, 0) is 4.74 Å². The van der Waals surface area contributed by atoms with Gasteiger partial charge in [-0.2, -0.15) is 14.0 Å². The van der Waals surface area contributed by atoms with Crippen LogP contribution in [-0.4, -0.2) is 19.7 Å². The summed E-state index contributed by atoms with van der Waals surface area (Å²) in [4.78, 5) is 11.4. The first-order chi connectivity index (χ1) is 7.99. The fourth-order valence-electron chi connectivity index (χ4n) is 1.29. The van der Waals surface area contributed by atoms with Gasteiger partial charge in [-0.25, -0.2) is 4.79 Å². The highest BCUT2D eigenvalue weighted by Crippen LogP contribution is 2.26. The summed E-state index contributed by atoms with van der Waals surface area (Å²) in [5, 5.41) is 8.72. The van der Waals surface area contributed by atoms with E-state index in [0.717, 1.165) is 13.2 Å². The van der Waals surface area contributed by atoms with E-state index in [1.807, 2.05) is 0 Å². The van der Waals surface area contributed by atoms with Crippen molar-refractivity contribution in [2.75, 3.05) is 7.11 Å². The van der Waals surface area contributed by atoms with Gasteiger partial charge < -0.3 is 9.47 Å². The molecule has 4 nitrogen and oxygen atoms in total. The van der Waals surface area contributed by atoms with Gasteiger partial charge in [0.2, 0.25) is 0 Å². The zero-order valence-electron chi connectivity index (χ0n) is 9.16. The third-order valence-corrected chi connectivity index (χ3v) is 2.11. The molecule has 0 saturated heterocycles. The second-order valence-corrected chi connectivity index (χ2v) is 3.13. The second-order valence-electron chi connectivity index (χ2n) is 3.13. The maximum atomic E-state index is 12.1. The summed E-state index contributed by atoms with van der Waals surface area (Å²) in [6.07, 6.45) is 0. The normalized spacial score (nSPS) is 9.88. The Morgan fingerprint density at radius 2 is 2.12 bits per heavy atom. The van der Waals surface area contributed by atoms with Crippen molar-refractivity contribution in [1.82, 2.24) is 0 Å². The summed E-state index contributed by atoms with van der Waals surface area (Å²) in [6.45, 7) is -1.58. The molecule has 0 atom stereocenters. The number of carbonyl (C=O) groups excluding carboxylic acids is 1. The van der Waals surface area contributed by atoms with E-state index < -0.39 is 12.6 Å². The molecule has 0 spiro atoms. The van der Waals surface area contributed by atoms with Crippen LogP contribution in [0.2, 0.25) is 0 Å². The van der Waals surface area contributed by atoms with Gasteiger partial charge >= 0.3 is 12.6 Å². The number of alkyl halides is 2. The van der Waals surface area contributed by atoms with Gasteiger partial charge in [0, 0.05) is 5.56 Å². The number of methoxy groups -OCH3 is 1. The Labute approximate surface area is 96.4 Å². The minimum absolute atomic E-state index is 0.0298. The number of esters is 1. The smallest absolute Gasteiger partial charge is 0.387 e. The average Bonchev–Trinajstić information content (AvgIpc) is 2.30. The number of hydrogen-bond donors (Lipinski definition) is 0. The maximum Gasteiger partial charge on any atom is 0.387 e. The van der Waals surface area contributed by atoms with Gasteiger partial charge in [0.15, 0.2) is 0 Å². The van der Waals surface area contributed by atoms with E-state index >= 15 is 0 Å². The molecule has 0 heterocycles. The van der Waals surface area contributed by atoms with Gasteiger partial charge in [-0.3, -0.25) is 0 Å². The molecule has 0 amide bonds. The van der Waals surface area contributed by atoms with E-state index in [-0.39, 0.29) is 22.4 Å². The molecule has 1 aromatic rings. The van der Waals surface area contributed by atoms with Crippen LogP contribution in [0.1, 0.15) is 21.5 Å². The number of benzene rings is 1. The molecular formula is C11H9F2NO3. The standard InChI is InChI=1S/C11H9F2NO3/c1-6-8(10(15)16-2)3-7(5-14)4-9(6)17-11(12)13/h3-4,11H,1-2H3. The largest absolute Gasteiger partial charge is 0.465 e. The molecule has 17 heavy (non-hydrogen) atoms. The molecule has 0 fully saturated rings. The van der Waals surface area contributed by atoms with Crippen LogP contribution >= 0.6 is 0 Å². The van der Waals surface area contributed by atoms with Gasteiger partial charge in [0.05, 0.1) is 24.3 Å². The van der Waals surface area contributed by atoms with Gasteiger partial charge in [0.1, 0.15) is 5.75 Å². The van der Waals surface area contributed by atoms with Crippen LogP contribution in [0, 0.1) is 18.3 Å². The zero-order chi connectivity index (χ0) is 13.0. The monoisotopic (exact) mass is 241 g/mol. The van der Waals surface area contributed by atoms with Crippen molar-refractivity contribution in [2.45, 2.75) is 13.5 Å². The van der Waals surface area contributed by atoms with Crippen LogP contribution in [0.25, 0.3) is 0 Å². The molecule has 0 aliphatic heterocycles. The molecule has 1 aromatic carbocycles. The fourth-order valence-corrected chi connectivity index (χ4v) is 1.29. The van der Waals surface area contributed by atoms with Crippen molar-refractivity contribution in [3.05, 3.63) is 28.8 Å². The quantitative estimate of drug-likeness (QED) is 0.761. The highest BCUT2D eigenvalue weighted by Gasteiger charge is 2.17. The number of halogens is 2. The minimum Gasteiger partial charge on any atom is -0.465 e. The number of rotatable bonds is 3. The fraction of sp³-hybridized carbons (Fsp3) is 0.273. The van der Waals surface area contributed by atoms with E-state index in [4.69, 9.17) is 5.26 Å². The molecule has 0 N–H and O–H groups in total. The molecule has 6 heteroatoms. The Morgan fingerprint density at radius 1 is 1.47 bits per heavy atom. The van der Waals surface area contributed by atoms with Crippen molar-refractivity contribution >= 4 is 5.97 Å². The molecule has 0 radical (unpaired) electrons. The van der Waals surface area contributed by atoms with E-state index in [9.17, 15) is 13.6 Å². The number of nitrogens with zero attached hydrogens (tertiary/aromatic N) is 1. The van der Waals surface area contributed by atoms with Crippen LogP contribution in [0.4, 0.5) is 8.78 Å². The summed E-state index contributed by atoms with van der Waals surface area (Å²) in [5.41, 5.74) is 0.282. The molecule has 0 saturated carbocycles. The molecule has 1 rings (SSSR count). The number of carbonyl (C=O) groups is 1. The molecular weight excluding hydrogens is 232 g/mol. The Kier molecular flexibility index (Phi) is 3.99. The van der Waals surface area contributed by atoms with E-state index in [2.05, 4.69) is 9.47 Å². The number of hydrogen-bond acceptors (Lipinski definition) is 4. The summed E-state index contributed by atoms with van der Waals surface area (Å²) in [5.74, 6) is -0.918. The second kappa shape index (κ2) is 5.25. The summed E-state index contributed by atoms with van der Waals surface area (Å²) < 4.78 is 33.0. The predicted molar refractivity (Wildman–Crippen MR) is 53.9 cm³/mol. The molecule has 0 aliphatic carbocycles. The van der Waals surface area contributed by atoms with Crippen LogP contribution in [0.5, 0.6) is 5.75 Å². The van der Waals surface area contributed by atoms with Crippen molar-refractivity contribution in [3.8, 4) is 11.8 Å². The molecule has 0 aromatic heterocycles. The van der Waals surface area contributed by atoms with E-state index in [1.165, 1.54) is 13.0 Å². The van der Waals surface area contributed by atoms with Gasteiger partial charge in [-0.1, -0.05) is 0 Å². The lowest BCUT2D eigenvalue weighted by atomic mass is 10.0. The first-order valence-electron chi connectivity index (χ1n) is 4.57. The summed E-state index contributed by atoms with van der Waals surface area (Å²) in [7, 11) is 1.16. The Bertz CT molecular complexity index is 480. The third kappa shape index (κ3) is 2.91. The first-order valence-corrected chi connectivity index (χ1v) is 4.57. The lowest BCUT2D eigenvalue weighted by Crippen LogP contribution is -2.09. The predicted octanol–water partition coefficient (Wildman–Crippen LogP) is 2.25. The van der Waals surface area contributed by atoms with Crippen molar-refractivity contribution in [2.24, 2.45) is 0 Å². The molecule has 0 unspecified atom stereocenters. The lowest BCUT2D eigenvalue weighted by molar-refractivity contribution is -0.0503. The summed E-state index contributed by atoms with van der Waals surface area (Å²) in [6, 6.07) is 4.16. The first kappa shape index (κ1) is 12.9.